The van der Waals surface area contributed by atoms with E-state index in [0.29, 0.717) is 6.61 Å². The van der Waals surface area contributed by atoms with E-state index in [1.807, 2.05) is 4.90 Å². The average Bonchev–Trinajstić information content (AvgIpc) is 2.67. The van der Waals surface area contributed by atoms with Crippen LogP contribution < -0.4 is 0 Å². The molecule has 0 aromatic heterocycles. The Labute approximate surface area is 167 Å². The van der Waals surface area contributed by atoms with E-state index in [4.69, 9.17) is 4.74 Å². The van der Waals surface area contributed by atoms with Crippen LogP contribution in [0.5, 0.6) is 0 Å². The Hall–Kier alpha value is -1.32. The number of nitrogens with zero attached hydrogens (tertiary/aromatic N) is 1. The van der Waals surface area contributed by atoms with Crippen LogP contribution in [-0.4, -0.2) is 36.5 Å². The van der Waals surface area contributed by atoms with Gasteiger partial charge >= 0.3 is 5.97 Å². The van der Waals surface area contributed by atoms with Gasteiger partial charge in [-0.15, -0.1) is 0 Å². The van der Waals surface area contributed by atoms with Crippen molar-refractivity contribution >= 4 is 11.9 Å². The first-order valence-electron chi connectivity index (χ1n) is 11.3. The lowest BCUT2D eigenvalue weighted by Gasteiger charge is -2.21. The van der Waals surface area contributed by atoms with Crippen molar-refractivity contribution < 1.29 is 14.3 Å². The zero-order chi connectivity index (χ0) is 20.2. The van der Waals surface area contributed by atoms with Gasteiger partial charge in [-0.05, 0) is 19.3 Å². The molecule has 0 atom stereocenters. The number of hydrogen-bond donors (Lipinski definition) is 0. The molecule has 0 rings (SSSR count). The number of amides is 1. The maximum atomic E-state index is 12.5. The number of carbonyl (C=O) groups excluding carboxylic acids is 2. The van der Waals surface area contributed by atoms with Crippen LogP contribution in [0.4, 0.5) is 0 Å². The highest BCUT2D eigenvalue weighted by Gasteiger charge is 2.11. The molecule has 0 heterocycles. The van der Waals surface area contributed by atoms with Gasteiger partial charge in [0.05, 0.1) is 6.61 Å². The maximum absolute atomic E-state index is 12.5. The molecule has 4 nitrogen and oxygen atoms in total. The summed E-state index contributed by atoms with van der Waals surface area (Å²) in [5, 5.41) is 0. The van der Waals surface area contributed by atoms with Gasteiger partial charge < -0.3 is 9.64 Å². The highest BCUT2D eigenvalue weighted by molar-refractivity contribution is 5.94. The van der Waals surface area contributed by atoms with Gasteiger partial charge in [0.2, 0.25) is 5.91 Å². The molecule has 0 unspecified atom stereocenters. The Balaban J connectivity index is 4.33. The van der Waals surface area contributed by atoms with Crippen molar-refractivity contribution in [2.45, 2.75) is 104 Å². The molecule has 0 radical (unpaired) electrons. The molecule has 0 aromatic rings. The lowest BCUT2D eigenvalue weighted by atomic mass is 10.1. The molecule has 4 heteroatoms. The Morgan fingerprint density at radius 1 is 0.667 bits per heavy atom. The van der Waals surface area contributed by atoms with Crippen molar-refractivity contribution in [1.29, 1.82) is 0 Å². The predicted octanol–water partition coefficient (Wildman–Crippen LogP) is 6.05. The molecule has 0 bridgehead atoms. The third-order valence-electron chi connectivity index (χ3n) is 4.73. The van der Waals surface area contributed by atoms with E-state index in [2.05, 4.69) is 20.8 Å². The first-order valence-corrected chi connectivity index (χ1v) is 11.3. The van der Waals surface area contributed by atoms with Crippen molar-refractivity contribution in [1.82, 2.24) is 4.90 Å². The number of ether oxygens (including phenoxy) is 1. The van der Waals surface area contributed by atoms with Crippen molar-refractivity contribution in [2.24, 2.45) is 0 Å². The summed E-state index contributed by atoms with van der Waals surface area (Å²) in [7, 11) is 0. The van der Waals surface area contributed by atoms with E-state index in [9.17, 15) is 9.59 Å². The Morgan fingerprint density at radius 2 is 1.15 bits per heavy atom. The largest absolute Gasteiger partial charge is 0.463 e. The summed E-state index contributed by atoms with van der Waals surface area (Å²) in [6.07, 6.45) is 17.5. The van der Waals surface area contributed by atoms with Gasteiger partial charge in [-0.3, -0.25) is 4.79 Å². The summed E-state index contributed by atoms with van der Waals surface area (Å²) in [6.45, 7) is 8.53. The second kappa shape index (κ2) is 19.4. The van der Waals surface area contributed by atoms with E-state index < -0.39 is 5.97 Å². The molecule has 0 saturated carbocycles. The topological polar surface area (TPSA) is 46.6 Å². The van der Waals surface area contributed by atoms with E-state index in [1.54, 1.807) is 0 Å². The highest BCUT2D eigenvalue weighted by Crippen LogP contribution is 2.08. The fourth-order valence-corrected chi connectivity index (χ4v) is 2.96. The van der Waals surface area contributed by atoms with Crippen LogP contribution in [0, 0.1) is 0 Å². The quantitative estimate of drug-likeness (QED) is 0.165. The van der Waals surface area contributed by atoms with Gasteiger partial charge in [0.25, 0.3) is 0 Å². The maximum Gasteiger partial charge on any atom is 0.330 e. The third-order valence-corrected chi connectivity index (χ3v) is 4.73. The van der Waals surface area contributed by atoms with Crippen LogP contribution >= 0.6 is 0 Å². The van der Waals surface area contributed by atoms with Crippen molar-refractivity contribution in [3.05, 3.63) is 12.2 Å². The van der Waals surface area contributed by atoms with Crippen LogP contribution in [0.15, 0.2) is 12.2 Å². The smallest absolute Gasteiger partial charge is 0.330 e. The molecule has 0 aliphatic rings. The zero-order valence-corrected chi connectivity index (χ0v) is 18.1. The van der Waals surface area contributed by atoms with Crippen molar-refractivity contribution in [3.63, 3.8) is 0 Å². The van der Waals surface area contributed by atoms with Crippen LogP contribution in [0.1, 0.15) is 104 Å². The van der Waals surface area contributed by atoms with Gasteiger partial charge in [0.1, 0.15) is 0 Å². The van der Waals surface area contributed by atoms with Gasteiger partial charge in [-0.25, -0.2) is 4.79 Å². The van der Waals surface area contributed by atoms with Crippen LogP contribution in [0.3, 0.4) is 0 Å². The molecule has 0 aliphatic heterocycles. The summed E-state index contributed by atoms with van der Waals surface area (Å²) in [4.78, 5) is 26.1. The Morgan fingerprint density at radius 3 is 1.67 bits per heavy atom. The second-order valence-electron chi connectivity index (χ2n) is 7.36. The Bertz CT molecular complexity index is 379. The van der Waals surface area contributed by atoms with Crippen LogP contribution in [0.25, 0.3) is 0 Å². The van der Waals surface area contributed by atoms with Crippen LogP contribution in [0.2, 0.25) is 0 Å². The molecule has 27 heavy (non-hydrogen) atoms. The summed E-state index contributed by atoms with van der Waals surface area (Å²) in [5.41, 5.74) is 0. The summed E-state index contributed by atoms with van der Waals surface area (Å²) >= 11 is 0. The molecular weight excluding hydrogens is 338 g/mol. The monoisotopic (exact) mass is 381 g/mol. The van der Waals surface area contributed by atoms with E-state index >= 15 is 0 Å². The fraction of sp³-hybridized carbons (Fsp3) is 0.826. The average molecular weight is 382 g/mol. The number of unbranched alkanes of at least 4 members (excludes halogenated alkanes) is 10. The predicted molar refractivity (Wildman–Crippen MR) is 114 cm³/mol. The van der Waals surface area contributed by atoms with Gasteiger partial charge in [-0.1, -0.05) is 85.0 Å². The lowest BCUT2D eigenvalue weighted by molar-refractivity contribution is -0.138. The minimum absolute atomic E-state index is 0.0634. The normalized spacial score (nSPS) is 11.1. The molecule has 1 amide bonds. The third kappa shape index (κ3) is 16.6. The lowest BCUT2D eigenvalue weighted by Crippen LogP contribution is -2.31. The standard InChI is InChI=1S/C23H43NO3/c1-4-7-10-12-14-19-24(20-15-13-11-8-5-2)22(25)17-18-23(26)27-21-16-9-6-3/h17-18H,4-16,19-21H2,1-3H3/b18-17+. The van der Waals surface area contributed by atoms with Crippen LogP contribution in [-0.2, 0) is 14.3 Å². The molecule has 0 aliphatic carbocycles. The number of hydrogen-bond acceptors (Lipinski definition) is 3. The fourth-order valence-electron chi connectivity index (χ4n) is 2.96. The SMILES string of the molecule is CCCCCCCN(CCCCCCC)C(=O)/C=C/C(=O)OCCCCC. The molecule has 0 fully saturated rings. The molecular formula is C23H43NO3. The first kappa shape index (κ1) is 25.7. The van der Waals surface area contributed by atoms with Crippen molar-refractivity contribution in [2.75, 3.05) is 19.7 Å². The summed E-state index contributed by atoms with van der Waals surface area (Å²) in [6, 6.07) is 0. The Kier molecular flexibility index (Phi) is 18.5. The first-order chi connectivity index (χ1) is 13.2. The van der Waals surface area contributed by atoms with Gasteiger partial charge in [-0.2, -0.15) is 0 Å². The second-order valence-corrected chi connectivity index (χ2v) is 7.36. The highest BCUT2D eigenvalue weighted by atomic mass is 16.5. The van der Waals surface area contributed by atoms with Gasteiger partial charge in [0, 0.05) is 25.2 Å². The van der Waals surface area contributed by atoms with E-state index in [1.165, 1.54) is 50.7 Å². The number of carbonyl (C=O) groups is 2. The molecule has 158 valence electrons. The zero-order valence-electron chi connectivity index (χ0n) is 18.1. The minimum Gasteiger partial charge on any atom is -0.463 e. The summed E-state index contributed by atoms with van der Waals surface area (Å²) in [5.74, 6) is -0.475. The number of esters is 1. The molecule has 0 N–H and O–H groups in total. The molecule has 0 aromatic carbocycles. The minimum atomic E-state index is -0.412. The summed E-state index contributed by atoms with van der Waals surface area (Å²) < 4.78 is 5.13. The molecule has 0 spiro atoms. The molecule has 0 saturated heterocycles. The van der Waals surface area contributed by atoms with E-state index in [0.717, 1.165) is 58.0 Å². The van der Waals surface area contributed by atoms with E-state index in [-0.39, 0.29) is 5.91 Å². The van der Waals surface area contributed by atoms with Gasteiger partial charge in [0.15, 0.2) is 0 Å². The van der Waals surface area contributed by atoms with Crippen molar-refractivity contribution in [3.8, 4) is 0 Å². The number of rotatable bonds is 18.